The van der Waals surface area contributed by atoms with E-state index in [0.717, 1.165) is 17.7 Å². The summed E-state index contributed by atoms with van der Waals surface area (Å²) in [5.41, 5.74) is 6.34. The van der Waals surface area contributed by atoms with E-state index in [2.05, 4.69) is 5.32 Å². The van der Waals surface area contributed by atoms with Crippen LogP contribution in [0.15, 0.2) is 18.2 Å². The number of benzene rings is 1. The highest BCUT2D eigenvalue weighted by atomic mass is 35.5. The minimum absolute atomic E-state index is 0. The minimum atomic E-state index is -0.443. The molecule has 0 bridgehead atoms. The summed E-state index contributed by atoms with van der Waals surface area (Å²) in [6.07, 6.45) is 0.906. The molecule has 3 N–H and O–H groups in total. The smallest absolute Gasteiger partial charge is 0.261 e. The van der Waals surface area contributed by atoms with Gasteiger partial charge in [0.05, 0.1) is 0 Å². The van der Waals surface area contributed by atoms with Crippen molar-refractivity contribution >= 4 is 29.9 Å². The van der Waals surface area contributed by atoms with Gasteiger partial charge in [-0.2, -0.15) is 0 Å². The first-order valence-electron chi connectivity index (χ1n) is 5.63. The summed E-state index contributed by atoms with van der Waals surface area (Å²) in [6.45, 7) is 1.16. The fourth-order valence-electron chi connectivity index (χ4n) is 1.79. The number of hydrogen-bond acceptors (Lipinski definition) is 3. The Labute approximate surface area is 117 Å². The normalized spacial score (nSPS) is 16.4. The van der Waals surface area contributed by atoms with Crippen molar-refractivity contribution in [3.63, 3.8) is 0 Å². The molecule has 2 rings (SSSR count). The fraction of sp³-hybridized carbons (Fsp3) is 0.417. The number of fused-ring (bicyclic) bond motifs is 1. The summed E-state index contributed by atoms with van der Waals surface area (Å²) in [6, 6.07) is 5.39. The van der Waals surface area contributed by atoms with E-state index >= 15 is 0 Å². The Morgan fingerprint density at radius 3 is 3.06 bits per heavy atom. The lowest BCUT2D eigenvalue weighted by Gasteiger charge is -2.10. The molecular weight excluding hydrogens is 275 g/mol. The van der Waals surface area contributed by atoms with E-state index in [4.69, 9.17) is 22.1 Å². The molecule has 0 saturated heterocycles. The van der Waals surface area contributed by atoms with Gasteiger partial charge in [-0.05, 0) is 36.7 Å². The van der Waals surface area contributed by atoms with Gasteiger partial charge < -0.3 is 15.8 Å². The maximum Gasteiger partial charge on any atom is 0.261 e. The van der Waals surface area contributed by atoms with Crippen molar-refractivity contribution in [2.75, 3.05) is 13.1 Å². The van der Waals surface area contributed by atoms with Crippen LogP contribution in [-0.2, 0) is 11.2 Å². The third-order valence-electron chi connectivity index (χ3n) is 2.67. The number of ether oxygens (including phenoxy) is 1. The topological polar surface area (TPSA) is 64.3 Å². The molecule has 1 unspecified atom stereocenters. The van der Waals surface area contributed by atoms with Crippen LogP contribution in [0.5, 0.6) is 5.75 Å². The Kier molecular flexibility index (Phi) is 5.72. The highest BCUT2D eigenvalue weighted by Gasteiger charge is 2.28. The monoisotopic (exact) mass is 290 g/mol. The summed E-state index contributed by atoms with van der Waals surface area (Å²) in [4.78, 5) is 11.8. The van der Waals surface area contributed by atoms with Gasteiger partial charge in [-0.25, -0.2) is 0 Å². The predicted molar refractivity (Wildman–Crippen MR) is 73.5 cm³/mol. The second-order valence-electron chi connectivity index (χ2n) is 4.00. The summed E-state index contributed by atoms with van der Waals surface area (Å²) < 4.78 is 5.55. The molecule has 4 nitrogen and oxygen atoms in total. The van der Waals surface area contributed by atoms with E-state index in [1.165, 1.54) is 0 Å². The molecule has 0 fully saturated rings. The standard InChI is InChI=1S/C12H15ClN2O2.ClH/c13-9-2-3-10-8(6-9)7-11(17-10)12(16)15-5-1-4-14;/h2-3,6,11H,1,4-5,7,14H2,(H,15,16);1H. The quantitative estimate of drug-likeness (QED) is 0.827. The first-order valence-corrected chi connectivity index (χ1v) is 6.01. The van der Waals surface area contributed by atoms with Gasteiger partial charge in [-0.15, -0.1) is 12.4 Å². The zero-order valence-electron chi connectivity index (χ0n) is 9.82. The zero-order valence-corrected chi connectivity index (χ0v) is 11.4. The molecule has 100 valence electrons. The van der Waals surface area contributed by atoms with Gasteiger partial charge >= 0.3 is 0 Å². The van der Waals surface area contributed by atoms with E-state index in [9.17, 15) is 4.79 Å². The lowest BCUT2D eigenvalue weighted by atomic mass is 10.1. The summed E-state index contributed by atoms with van der Waals surface area (Å²) in [7, 11) is 0. The Hall–Kier alpha value is -0.970. The number of amides is 1. The van der Waals surface area contributed by atoms with Gasteiger partial charge in [0.15, 0.2) is 6.10 Å². The third-order valence-corrected chi connectivity index (χ3v) is 2.90. The maximum atomic E-state index is 11.8. The molecule has 1 amide bonds. The van der Waals surface area contributed by atoms with Crippen molar-refractivity contribution in [2.45, 2.75) is 18.9 Å². The van der Waals surface area contributed by atoms with Gasteiger partial charge in [0.1, 0.15) is 5.75 Å². The van der Waals surface area contributed by atoms with Crippen molar-refractivity contribution in [3.05, 3.63) is 28.8 Å². The molecule has 1 heterocycles. The SMILES string of the molecule is Cl.NCCCNC(=O)C1Cc2cc(Cl)ccc2O1. The average Bonchev–Trinajstić information content (AvgIpc) is 2.72. The third kappa shape index (κ3) is 3.51. The predicted octanol–water partition coefficient (Wildman–Crippen LogP) is 1.53. The first-order chi connectivity index (χ1) is 8.20. The van der Waals surface area contributed by atoms with Crippen LogP contribution in [-0.4, -0.2) is 25.1 Å². The molecule has 0 aromatic heterocycles. The van der Waals surface area contributed by atoms with Crippen molar-refractivity contribution < 1.29 is 9.53 Å². The molecule has 1 aromatic rings. The number of carbonyl (C=O) groups excluding carboxylic acids is 1. The molecule has 0 saturated carbocycles. The van der Waals surface area contributed by atoms with Gasteiger partial charge in [-0.1, -0.05) is 11.6 Å². The second kappa shape index (κ2) is 6.83. The Balaban J connectivity index is 0.00000162. The Morgan fingerprint density at radius 2 is 2.33 bits per heavy atom. The van der Waals surface area contributed by atoms with Crippen LogP contribution in [0.3, 0.4) is 0 Å². The number of carbonyl (C=O) groups is 1. The number of rotatable bonds is 4. The van der Waals surface area contributed by atoms with Crippen LogP contribution in [0.25, 0.3) is 0 Å². The summed E-state index contributed by atoms with van der Waals surface area (Å²) >= 11 is 5.88. The Bertz CT molecular complexity index is 427. The molecule has 1 aliphatic rings. The van der Waals surface area contributed by atoms with Crippen LogP contribution >= 0.6 is 24.0 Å². The lowest BCUT2D eigenvalue weighted by molar-refractivity contribution is -0.127. The van der Waals surface area contributed by atoms with E-state index in [-0.39, 0.29) is 18.3 Å². The van der Waals surface area contributed by atoms with Crippen LogP contribution in [0.1, 0.15) is 12.0 Å². The minimum Gasteiger partial charge on any atom is -0.480 e. The molecule has 0 aliphatic carbocycles. The van der Waals surface area contributed by atoms with Crippen molar-refractivity contribution in [1.29, 1.82) is 0 Å². The first kappa shape index (κ1) is 15.1. The van der Waals surface area contributed by atoms with Gasteiger partial charge in [0, 0.05) is 18.0 Å². The molecule has 1 atom stereocenters. The van der Waals surface area contributed by atoms with E-state index in [0.29, 0.717) is 24.5 Å². The van der Waals surface area contributed by atoms with Crippen LogP contribution < -0.4 is 15.8 Å². The highest BCUT2D eigenvalue weighted by Crippen LogP contribution is 2.30. The number of hydrogen-bond donors (Lipinski definition) is 2. The van der Waals surface area contributed by atoms with E-state index in [1.54, 1.807) is 12.1 Å². The molecule has 0 radical (unpaired) electrons. The van der Waals surface area contributed by atoms with Crippen molar-refractivity contribution in [3.8, 4) is 5.75 Å². The number of nitrogens with one attached hydrogen (secondary N) is 1. The Morgan fingerprint density at radius 1 is 1.56 bits per heavy atom. The van der Waals surface area contributed by atoms with Crippen molar-refractivity contribution in [1.82, 2.24) is 5.32 Å². The molecule has 1 aliphatic heterocycles. The molecule has 0 spiro atoms. The number of halogens is 2. The largest absolute Gasteiger partial charge is 0.480 e. The maximum absolute atomic E-state index is 11.8. The molecule has 6 heteroatoms. The summed E-state index contributed by atoms with van der Waals surface area (Å²) in [5, 5.41) is 3.46. The van der Waals surface area contributed by atoms with Gasteiger partial charge in [-0.3, -0.25) is 4.79 Å². The molecular formula is C12H16Cl2N2O2. The number of nitrogens with two attached hydrogens (primary N) is 1. The molecule has 18 heavy (non-hydrogen) atoms. The molecule has 1 aromatic carbocycles. The average molecular weight is 291 g/mol. The van der Waals surface area contributed by atoms with Crippen LogP contribution in [0.2, 0.25) is 5.02 Å². The van der Waals surface area contributed by atoms with Crippen LogP contribution in [0.4, 0.5) is 0 Å². The van der Waals surface area contributed by atoms with Crippen molar-refractivity contribution in [2.24, 2.45) is 5.73 Å². The summed E-state index contributed by atoms with van der Waals surface area (Å²) in [5.74, 6) is 0.652. The second-order valence-corrected chi connectivity index (χ2v) is 4.43. The highest BCUT2D eigenvalue weighted by molar-refractivity contribution is 6.30. The van der Waals surface area contributed by atoms with Gasteiger partial charge in [0.2, 0.25) is 0 Å². The van der Waals surface area contributed by atoms with E-state index < -0.39 is 6.10 Å². The fourth-order valence-corrected chi connectivity index (χ4v) is 1.99. The van der Waals surface area contributed by atoms with E-state index in [1.807, 2.05) is 6.07 Å². The zero-order chi connectivity index (χ0) is 12.3. The van der Waals surface area contributed by atoms with Gasteiger partial charge in [0.25, 0.3) is 5.91 Å². The van der Waals surface area contributed by atoms with Crippen LogP contribution in [0, 0.1) is 0 Å². The lowest BCUT2D eigenvalue weighted by Crippen LogP contribution is -2.38.